The minimum absolute atomic E-state index is 0.0206. The first kappa shape index (κ1) is 28.4. The smallest absolute Gasteiger partial charge is 0.175 e. The van der Waals surface area contributed by atoms with Gasteiger partial charge in [0.25, 0.3) is 0 Å². The van der Waals surface area contributed by atoms with Gasteiger partial charge in [-0.2, -0.15) is 0 Å². The summed E-state index contributed by atoms with van der Waals surface area (Å²) >= 11 is 3.73. The van der Waals surface area contributed by atoms with Crippen LogP contribution >= 0.6 is 15.9 Å². The molecular weight excluding hydrogens is 554 g/mol. The van der Waals surface area contributed by atoms with Gasteiger partial charge < -0.3 is 14.4 Å². The van der Waals surface area contributed by atoms with Gasteiger partial charge in [-0.25, -0.2) is 0 Å². The number of ketones is 2. The third-order valence-electron chi connectivity index (χ3n) is 8.83. The van der Waals surface area contributed by atoms with Crippen LogP contribution in [-0.4, -0.2) is 35.7 Å². The van der Waals surface area contributed by atoms with Crippen molar-refractivity contribution in [2.45, 2.75) is 117 Å². The lowest BCUT2D eigenvalue weighted by Crippen LogP contribution is -2.48. The van der Waals surface area contributed by atoms with Crippen LogP contribution < -0.4 is 9.47 Å². The molecule has 4 aliphatic rings. The molecule has 1 aromatic rings. The minimum atomic E-state index is -0.389. The van der Waals surface area contributed by atoms with Crippen molar-refractivity contribution in [2.75, 3.05) is 7.11 Å². The zero-order valence-corrected chi connectivity index (χ0v) is 26.3. The van der Waals surface area contributed by atoms with Crippen LogP contribution in [0.4, 0.5) is 0 Å². The van der Waals surface area contributed by atoms with E-state index in [1.165, 1.54) is 19.3 Å². The number of hydrogen-bond acceptors (Lipinski definition) is 5. The second kappa shape index (κ2) is 10.4. The molecule has 0 aromatic heterocycles. The van der Waals surface area contributed by atoms with Crippen LogP contribution in [0.3, 0.4) is 0 Å². The molecule has 1 aliphatic heterocycles. The number of nitrogens with zero attached hydrogens (tertiary/aromatic N) is 1. The Morgan fingerprint density at radius 3 is 1.90 bits per heavy atom. The van der Waals surface area contributed by atoms with Gasteiger partial charge in [-0.3, -0.25) is 9.59 Å². The zero-order valence-electron chi connectivity index (χ0n) is 24.7. The van der Waals surface area contributed by atoms with E-state index in [2.05, 4.69) is 48.5 Å². The summed E-state index contributed by atoms with van der Waals surface area (Å²) in [5.74, 6) is 1.22. The van der Waals surface area contributed by atoms with E-state index in [1.54, 1.807) is 7.11 Å². The number of benzene rings is 1. The monoisotopic (exact) mass is 597 g/mol. The summed E-state index contributed by atoms with van der Waals surface area (Å²) in [6, 6.07) is 4.37. The molecule has 0 amide bonds. The van der Waals surface area contributed by atoms with Crippen LogP contribution in [0.5, 0.6) is 11.5 Å². The van der Waals surface area contributed by atoms with Gasteiger partial charge in [-0.05, 0) is 84.0 Å². The van der Waals surface area contributed by atoms with Gasteiger partial charge in [-0.1, -0.05) is 47.0 Å². The van der Waals surface area contributed by atoms with E-state index in [4.69, 9.17) is 9.47 Å². The molecule has 1 heterocycles. The summed E-state index contributed by atoms with van der Waals surface area (Å²) in [4.78, 5) is 30.8. The highest BCUT2D eigenvalue weighted by molar-refractivity contribution is 9.10. The van der Waals surface area contributed by atoms with Crippen LogP contribution in [0, 0.1) is 10.8 Å². The quantitative estimate of drug-likeness (QED) is 0.342. The van der Waals surface area contributed by atoms with Crippen molar-refractivity contribution >= 4 is 27.5 Å². The van der Waals surface area contributed by atoms with Crippen LogP contribution in [0.1, 0.15) is 111 Å². The van der Waals surface area contributed by atoms with E-state index in [0.717, 1.165) is 58.3 Å². The average Bonchev–Trinajstić information content (AvgIpc) is 2.82. The Kier molecular flexibility index (Phi) is 7.58. The lowest BCUT2D eigenvalue weighted by Gasteiger charge is -2.52. The second-order valence-corrected chi connectivity index (χ2v) is 14.8. The molecule has 0 bridgehead atoms. The Labute approximate surface area is 242 Å². The fourth-order valence-electron chi connectivity index (χ4n) is 7.37. The normalized spacial score (nSPS) is 23.8. The first-order valence-corrected chi connectivity index (χ1v) is 15.5. The predicted octanol–water partition coefficient (Wildman–Crippen LogP) is 8.26. The number of carbonyl (C=O) groups is 2. The summed E-state index contributed by atoms with van der Waals surface area (Å²) in [5, 5.41) is 0. The third kappa shape index (κ3) is 5.35. The first-order chi connectivity index (χ1) is 18.3. The summed E-state index contributed by atoms with van der Waals surface area (Å²) in [6.07, 6.45) is 8.55. The van der Waals surface area contributed by atoms with E-state index in [1.807, 2.05) is 26.0 Å². The van der Waals surface area contributed by atoms with Crippen LogP contribution in [-0.2, 0) is 9.59 Å². The van der Waals surface area contributed by atoms with Crippen molar-refractivity contribution in [1.82, 2.24) is 4.90 Å². The number of halogens is 1. The molecule has 3 aliphatic carbocycles. The van der Waals surface area contributed by atoms with Crippen molar-refractivity contribution in [1.29, 1.82) is 0 Å². The van der Waals surface area contributed by atoms with E-state index in [-0.39, 0.29) is 34.4 Å². The summed E-state index contributed by atoms with van der Waals surface area (Å²) in [7, 11) is 1.64. The molecule has 5 nitrogen and oxygen atoms in total. The largest absolute Gasteiger partial charge is 0.493 e. The van der Waals surface area contributed by atoms with Crippen LogP contribution in [0.15, 0.2) is 39.1 Å². The molecule has 0 spiro atoms. The topological polar surface area (TPSA) is 55.8 Å². The Morgan fingerprint density at radius 1 is 0.872 bits per heavy atom. The van der Waals surface area contributed by atoms with Gasteiger partial charge in [0.15, 0.2) is 23.1 Å². The number of hydrogen-bond donors (Lipinski definition) is 0. The highest BCUT2D eigenvalue weighted by Crippen LogP contribution is 2.56. The van der Waals surface area contributed by atoms with Crippen molar-refractivity contribution in [3.63, 3.8) is 0 Å². The average molecular weight is 599 g/mol. The zero-order chi connectivity index (χ0) is 28.3. The van der Waals surface area contributed by atoms with Crippen LogP contribution in [0.2, 0.25) is 0 Å². The molecule has 5 rings (SSSR count). The molecule has 1 saturated carbocycles. The molecule has 0 saturated heterocycles. The maximum absolute atomic E-state index is 14.1. The minimum Gasteiger partial charge on any atom is -0.493 e. The molecule has 6 heteroatoms. The molecule has 0 radical (unpaired) electrons. The van der Waals surface area contributed by atoms with Crippen LogP contribution in [0.25, 0.3) is 0 Å². The van der Waals surface area contributed by atoms with Crippen molar-refractivity contribution in [3.8, 4) is 11.5 Å². The highest BCUT2D eigenvalue weighted by Gasteiger charge is 2.50. The van der Waals surface area contributed by atoms with E-state index in [0.29, 0.717) is 30.4 Å². The molecule has 0 unspecified atom stereocenters. The summed E-state index contributed by atoms with van der Waals surface area (Å²) < 4.78 is 12.7. The van der Waals surface area contributed by atoms with Crippen molar-refractivity contribution < 1.29 is 19.1 Å². The summed E-state index contributed by atoms with van der Waals surface area (Å²) in [6.45, 7) is 12.8. The van der Waals surface area contributed by atoms with Gasteiger partial charge in [-0.15, -0.1) is 0 Å². The molecule has 1 aromatic carbocycles. The molecule has 0 atom stereocenters. The number of carbonyl (C=O) groups excluding carboxylic acids is 2. The Morgan fingerprint density at radius 2 is 1.41 bits per heavy atom. The molecule has 0 N–H and O–H groups in total. The fraction of sp³-hybridized carbons (Fsp3) is 0.636. The van der Waals surface area contributed by atoms with Crippen molar-refractivity contribution in [3.05, 3.63) is 44.7 Å². The molecule has 1 fully saturated rings. The first-order valence-electron chi connectivity index (χ1n) is 14.7. The SMILES string of the molecule is COc1cc(C2C3=C(CC(C)(C)CC3=O)N(C3CCCCC3)C3=C2C(=O)CC(C)(C)C3)cc(Br)c1OC(C)C. The standard InChI is InChI=1S/C33H44BrNO4/c1-19(2)39-31-22(34)13-20(14-27(31)38-7)28-29-23(15-32(3,4)17-25(29)36)35(21-11-9-8-10-12-21)24-16-33(5,6)18-26(37)30(24)28/h13-14,19,21,28H,8-12,15-18H2,1-7H3. The number of methoxy groups -OCH3 is 1. The summed E-state index contributed by atoms with van der Waals surface area (Å²) in [5.41, 5.74) is 4.67. The van der Waals surface area contributed by atoms with Gasteiger partial charge >= 0.3 is 0 Å². The highest BCUT2D eigenvalue weighted by atomic mass is 79.9. The number of Topliss-reactive ketones (excluding diaryl/α,β-unsaturated/α-hetero) is 2. The Balaban J connectivity index is 1.77. The predicted molar refractivity (Wildman–Crippen MR) is 158 cm³/mol. The molecule has 212 valence electrons. The van der Waals surface area contributed by atoms with Gasteiger partial charge in [0.1, 0.15) is 0 Å². The fourth-order valence-corrected chi connectivity index (χ4v) is 7.92. The Hall–Kier alpha value is -2.08. The molecule has 39 heavy (non-hydrogen) atoms. The third-order valence-corrected chi connectivity index (χ3v) is 9.42. The number of rotatable bonds is 5. The van der Waals surface area contributed by atoms with E-state index >= 15 is 0 Å². The maximum atomic E-state index is 14.1. The maximum Gasteiger partial charge on any atom is 0.175 e. The van der Waals surface area contributed by atoms with Gasteiger partial charge in [0, 0.05) is 47.3 Å². The van der Waals surface area contributed by atoms with Gasteiger partial charge in [0.2, 0.25) is 0 Å². The second-order valence-electron chi connectivity index (χ2n) is 13.9. The van der Waals surface area contributed by atoms with Crippen molar-refractivity contribution in [2.24, 2.45) is 10.8 Å². The molecular formula is C33H44BrNO4. The Bertz CT molecular complexity index is 1190. The number of ether oxygens (including phenoxy) is 2. The van der Waals surface area contributed by atoms with E-state index < -0.39 is 0 Å². The lowest BCUT2D eigenvalue weighted by atomic mass is 9.63. The van der Waals surface area contributed by atoms with Gasteiger partial charge in [0.05, 0.1) is 17.7 Å². The lowest BCUT2D eigenvalue weighted by molar-refractivity contribution is -0.119. The number of allylic oxidation sites excluding steroid dienone is 4. The van der Waals surface area contributed by atoms with E-state index in [9.17, 15) is 9.59 Å².